The van der Waals surface area contributed by atoms with Crippen molar-refractivity contribution in [2.75, 3.05) is 6.61 Å². The molecular formula is C23H31N3O. The zero-order chi connectivity index (χ0) is 18.6. The Morgan fingerprint density at radius 3 is 2.93 bits per heavy atom. The van der Waals surface area contributed by atoms with E-state index >= 15 is 0 Å². The highest BCUT2D eigenvalue weighted by molar-refractivity contribution is 6.22. The number of rotatable bonds is 2. The molecule has 1 fully saturated rings. The lowest BCUT2D eigenvalue weighted by Crippen LogP contribution is -2.53. The van der Waals surface area contributed by atoms with Gasteiger partial charge in [0, 0.05) is 11.6 Å². The topological polar surface area (TPSA) is 48.2 Å². The van der Waals surface area contributed by atoms with E-state index in [9.17, 15) is 5.11 Å². The second-order valence-electron chi connectivity index (χ2n) is 9.49. The summed E-state index contributed by atoms with van der Waals surface area (Å²) in [5, 5.41) is 9.61. The summed E-state index contributed by atoms with van der Waals surface area (Å²) in [4.78, 5) is 12.8. The van der Waals surface area contributed by atoms with Crippen LogP contribution in [-0.4, -0.2) is 39.2 Å². The Kier molecular flexibility index (Phi) is 3.98. The van der Waals surface area contributed by atoms with Gasteiger partial charge in [-0.2, -0.15) is 0 Å². The molecule has 27 heavy (non-hydrogen) atoms. The van der Waals surface area contributed by atoms with E-state index in [1.807, 2.05) is 13.8 Å². The Morgan fingerprint density at radius 1 is 1.22 bits per heavy atom. The smallest absolute Gasteiger partial charge is 0.139 e. The van der Waals surface area contributed by atoms with Crippen LogP contribution in [0.4, 0.5) is 0 Å². The SMILES string of the molecule is CC(C)(CO)N=C1C=CC2=N[C@]34CCCC[C@H]3CC3=C(CCCC3)N4C2=C1. The third kappa shape index (κ3) is 2.67. The minimum absolute atomic E-state index is 0.0398. The fourth-order valence-electron chi connectivity index (χ4n) is 5.74. The van der Waals surface area contributed by atoms with E-state index in [1.165, 1.54) is 63.5 Å². The van der Waals surface area contributed by atoms with Gasteiger partial charge in [0.05, 0.1) is 29.3 Å². The molecule has 2 aliphatic heterocycles. The van der Waals surface area contributed by atoms with Crippen molar-refractivity contribution < 1.29 is 5.11 Å². The van der Waals surface area contributed by atoms with Crippen molar-refractivity contribution >= 4 is 11.4 Å². The van der Waals surface area contributed by atoms with Gasteiger partial charge in [-0.1, -0.05) is 12.0 Å². The molecule has 0 radical (unpaired) electrons. The molecule has 2 heterocycles. The first kappa shape index (κ1) is 17.4. The van der Waals surface area contributed by atoms with Gasteiger partial charge in [-0.3, -0.25) is 9.98 Å². The van der Waals surface area contributed by atoms with Crippen LogP contribution in [0.1, 0.15) is 71.6 Å². The first-order valence-electron chi connectivity index (χ1n) is 10.7. The molecule has 4 nitrogen and oxygen atoms in total. The highest BCUT2D eigenvalue weighted by atomic mass is 16.3. The van der Waals surface area contributed by atoms with Crippen LogP contribution in [0.5, 0.6) is 0 Å². The minimum Gasteiger partial charge on any atom is -0.394 e. The van der Waals surface area contributed by atoms with Crippen molar-refractivity contribution in [2.45, 2.75) is 82.8 Å². The summed E-state index contributed by atoms with van der Waals surface area (Å²) in [6, 6.07) is 0. The summed E-state index contributed by atoms with van der Waals surface area (Å²) in [5.41, 5.74) is 6.13. The van der Waals surface area contributed by atoms with Crippen molar-refractivity contribution in [3.05, 3.63) is 35.2 Å². The number of hydrogen-bond donors (Lipinski definition) is 1. The summed E-state index contributed by atoms with van der Waals surface area (Å²) >= 11 is 0. The maximum atomic E-state index is 9.61. The van der Waals surface area contributed by atoms with Gasteiger partial charge < -0.3 is 10.0 Å². The molecule has 4 heteroatoms. The summed E-state index contributed by atoms with van der Waals surface area (Å²) in [7, 11) is 0. The number of aliphatic hydroxyl groups is 1. The van der Waals surface area contributed by atoms with Crippen molar-refractivity contribution in [3.8, 4) is 0 Å². The van der Waals surface area contributed by atoms with Gasteiger partial charge in [0.1, 0.15) is 5.66 Å². The molecular weight excluding hydrogens is 334 g/mol. The average Bonchev–Trinajstić information content (AvgIpc) is 2.99. The lowest BCUT2D eigenvalue weighted by Gasteiger charge is -2.52. The Labute approximate surface area is 162 Å². The van der Waals surface area contributed by atoms with E-state index in [4.69, 9.17) is 9.98 Å². The van der Waals surface area contributed by atoms with Gasteiger partial charge >= 0.3 is 0 Å². The molecule has 1 N–H and O–H groups in total. The fraction of sp³-hybridized carbons (Fsp3) is 0.652. The molecule has 2 atom stereocenters. The van der Waals surface area contributed by atoms with Crippen molar-refractivity contribution in [1.82, 2.24) is 4.90 Å². The number of allylic oxidation sites excluding steroid dienone is 5. The second-order valence-corrected chi connectivity index (χ2v) is 9.49. The summed E-state index contributed by atoms with van der Waals surface area (Å²) < 4.78 is 0. The molecule has 3 aliphatic carbocycles. The predicted octanol–water partition coefficient (Wildman–Crippen LogP) is 4.53. The van der Waals surface area contributed by atoms with Crippen molar-refractivity contribution in [2.24, 2.45) is 15.9 Å². The van der Waals surface area contributed by atoms with Gasteiger partial charge in [0.15, 0.2) is 0 Å². The molecule has 1 saturated carbocycles. The quantitative estimate of drug-likeness (QED) is 0.731. The molecule has 144 valence electrons. The van der Waals surface area contributed by atoms with Gasteiger partial charge in [-0.05, 0) is 83.4 Å². The maximum Gasteiger partial charge on any atom is 0.139 e. The van der Waals surface area contributed by atoms with E-state index < -0.39 is 5.54 Å². The minimum atomic E-state index is -0.452. The van der Waals surface area contributed by atoms with Gasteiger partial charge in [0.2, 0.25) is 0 Å². The highest BCUT2D eigenvalue weighted by Crippen LogP contribution is 2.55. The van der Waals surface area contributed by atoms with Crippen LogP contribution < -0.4 is 0 Å². The molecule has 0 saturated heterocycles. The first-order chi connectivity index (χ1) is 13.0. The van der Waals surface area contributed by atoms with Gasteiger partial charge in [-0.15, -0.1) is 0 Å². The van der Waals surface area contributed by atoms with Crippen LogP contribution in [0.15, 0.2) is 45.2 Å². The number of fused-ring (bicyclic) bond motifs is 3. The zero-order valence-corrected chi connectivity index (χ0v) is 16.7. The lowest BCUT2D eigenvalue weighted by atomic mass is 9.70. The molecule has 0 aromatic heterocycles. The molecule has 0 amide bonds. The van der Waals surface area contributed by atoms with Gasteiger partial charge in [0.25, 0.3) is 0 Å². The van der Waals surface area contributed by atoms with Crippen LogP contribution in [0, 0.1) is 5.92 Å². The van der Waals surface area contributed by atoms with E-state index in [1.54, 1.807) is 11.3 Å². The average molecular weight is 366 g/mol. The molecule has 0 aromatic carbocycles. The van der Waals surface area contributed by atoms with E-state index in [0.29, 0.717) is 5.92 Å². The number of hydrogen-bond acceptors (Lipinski definition) is 4. The third-order valence-electron chi connectivity index (χ3n) is 7.03. The Morgan fingerprint density at radius 2 is 2.07 bits per heavy atom. The van der Waals surface area contributed by atoms with Crippen LogP contribution in [0.3, 0.4) is 0 Å². The Bertz CT molecular complexity index is 813. The molecule has 0 bridgehead atoms. The Balaban J connectivity index is 1.63. The molecule has 5 rings (SSSR count). The number of aliphatic hydroxyl groups excluding tert-OH is 1. The second kappa shape index (κ2) is 6.16. The number of nitrogens with zero attached hydrogens (tertiary/aromatic N) is 3. The molecule has 5 aliphatic rings. The van der Waals surface area contributed by atoms with Crippen LogP contribution in [0.2, 0.25) is 0 Å². The van der Waals surface area contributed by atoms with E-state index in [-0.39, 0.29) is 12.3 Å². The standard InChI is InChI=1S/C23H31N3O/c1-22(2,15-27)24-18-10-11-19-21(14-18)26-20-9-4-3-7-16(20)13-17-8-5-6-12-23(17,26)25-19/h10-11,14,17,27H,3-9,12-13,15H2,1-2H3/t17-,23-/m0/s1. The summed E-state index contributed by atoms with van der Waals surface area (Å²) in [5.74, 6) is 0.657. The van der Waals surface area contributed by atoms with Gasteiger partial charge in [-0.25, -0.2) is 0 Å². The lowest BCUT2D eigenvalue weighted by molar-refractivity contribution is 0.0498. The summed E-state index contributed by atoms with van der Waals surface area (Å²) in [6.45, 7) is 4.01. The molecule has 0 unspecified atom stereocenters. The largest absolute Gasteiger partial charge is 0.394 e. The van der Waals surface area contributed by atoms with Crippen molar-refractivity contribution in [3.63, 3.8) is 0 Å². The zero-order valence-electron chi connectivity index (χ0n) is 16.7. The molecule has 1 spiro atoms. The molecule has 0 aromatic rings. The number of aliphatic imine (C=N–C) groups is 2. The van der Waals surface area contributed by atoms with Crippen LogP contribution in [0.25, 0.3) is 0 Å². The predicted molar refractivity (Wildman–Crippen MR) is 110 cm³/mol. The first-order valence-corrected chi connectivity index (χ1v) is 10.7. The summed E-state index contributed by atoms with van der Waals surface area (Å²) in [6.07, 6.45) is 17.9. The van der Waals surface area contributed by atoms with Crippen LogP contribution in [-0.2, 0) is 0 Å². The highest BCUT2D eigenvalue weighted by Gasteiger charge is 2.55. The maximum absolute atomic E-state index is 9.61. The third-order valence-corrected chi connectivity index (χ3v) is 7.03. The normalized spacial score (nSPS) is 34.0. The van der Waals surface area contributed by atoms with E-state index in [0.717, 1.165) is 11.4 Å². The fourth-order valence-corrected chi connectivity index (χ4v) is 5.74. The van der Waals surface area contributed by atoms with Crippen LogP contribution >= 0.6 is 0 Å². The Hall–Kier alpha value is -1.68. The van der Waals surface area contributed by atoms with E-state index in [2.05, 4.69) is 23.1 Å². The van der Waals surface area contributed by atoms with Crippen molar-refractivity contribution in [1.29, 1.82) is 0 Å². The monoisotopic (exact) mass is 365 g/mol.